The van der Waals surface area contributed by atoms with Crippen LogP contribution in [0.15, 0.2) is 52.7 Å². The van der Waals surface area contributed by atoms with Gasteiger partial charge in [-0.2, -0.15) is 4.98 Å². The Hall–Kier alpha value is -3.24. The van der Waals surface area contributed by atoms with Gasteiger partial charge in [-0.05, 0) is 43.7 Å². The molecule has 0 bridgehead atoms. The fourth-order valence-corrected chi connectivity index (χ4v) is 4.73. The van der Waals surface area contributed by atoms with Crippen LogP contribution in [0.5, 0.6) is 0 Å². The van der Waals surface area contributed by atoms with Gasteiger partial charge < -0.3 is 5.11 Å². The first kappa shape index (κ1) is 19.1. The third kappa shape index (κ3) is 3.59. The Morgan fingerprint density at radius 3 is 2.52 bits per heavy atom. The van der Waals surface area contributed by atoms with Crippen molar-refractivity contribution < 1.29 is 18.3 Å². The van der Waals surface area contributed by atoms with Crippen LogP contribution in [0.1, 0.15) is 21.5 Å². The third-order valence-electron chi connectivity index (χ3n) is 4.38. The second-order valence-corrected chi connectivity index (χ2v) is 9.02. The van der Waals surface area contributed by atoms with Gasteiger partial charge in [-0.3, -0.25) is 0 Å². The molecule has 0 saturated carbocycles. The molecule has 10 heteroatoms. The number of carbonyl (C=O) groups is 1. The van der Waals surface area contributed by atoms with Crippen LogP contribution in [0.3, 0.4) is 0 Å². The largest absolute Gasteiger partial charge is 0.478 e. The number of aromatic nitrogens is 3. The van der Waals surface area contributed by atoms with Crippen molar-refractivity contribution in [3.63, 3.8) is 0 Å². The Balaban J connectivity index is 1.67. The van der Waals surface area contributed by atoms with Crippen LogP contribution < -0.4 is 4.72 Å². The maximum atomic E-state index is 12.6. The Morgan fingerprint density at radius 1 is 1.14 bits per heavy atom. The van der Waals surface area contributed by atoms with Gasteiger partial charge in [0.2, 0.25) is 4.96 Å². The lowest BCUT2D eigenvalue weighted by Crippen LogP contribution is -2.14. The number of carboxylic acids is 1. The fraction of sp³-hybridized carbons (Fsp3) is 0.105. The summed E-state index contributed by atoms with van der Waals surface area (Å²) in [7, 11) is -3.95. The number of hydrogen-bond acceptors (Lipinski definition) is 6. The molecule has 2 heterocycles. The topological polar surface area (TPSA) is 114 Å². The van der Waals surface area contributed by atoms with E-state index in [9.17, 15) is 13.2 Å². The van der Waals surface area contributed by atoms with E-state index in [-0.39, 0.29) is 16.4 Å². The zero-order chi connectivity index (χ0) is 20.8. The van der Waals surface area contributed by atoms with Crippen molar-refractivity contribution in [1.82, 2.24) is 14.6 Å². The van der Waals surface area contributed by atoms with Gasteiger partial charge in [0.05, 0.1) is 16.2 Å². The second-order valence-electron chi connectivity index (χ2n) is 6.50. The number of aromatic carboxylic acids is 1. The Bertz CT molecular complexity index is 1340. The standard InChI is InChI=1S/C19H16N4O4S2/c1-11-3-8-15(12(2)9-11)16-10-28-19-20-18(21-23(16)19)22-29(26,27)14-6-4-13(5-7-14)17(24)25/h3-10H,1-2H3,(H,21,22)(H,24,25). The first-order valence-electron chi connectivity index (χ1n) is 8.53. The van der Waals surface area contributed by atoms with E-state index in [1.807, 2.05) is 31.4 Å². The highest BCUT2D eigenvalue weighted by molar-refractivity contribution is 7.92. The molecule has 8 nitrogen and oxygen atoms in total. The molecule has 0 aliphatic carbocycles. The lowest BCUT2D eigenvalue weighted by molar-refractivity contribution is 0.0696. The molecule has 29 heavy (non-hydrogen) atoms. The Kier molecular flexibility index (Phi) is 4.59. The number of anilines is 1. The zero-order valence-electron chi connectivity index (χ0n) is 15.4. The predicted octanol–water partition coefficient (Wildman–Crippen LogP) is 3.57. The molecule has 0 spiro atoms. The number of carboxylic acid groups (broad SMARTS) is 1. The molecule has 2 aromatic carbocycles. The van der Waals surface area contributed by atoms with Gasteiger partial charge in [-0.25, -0.2) is 22.4 Å². The van der Waals surface area contributed by atoms with Crippen molar-refractivity contribution in [2.75, 3.05) is 4.72 Å². The normalized spacial score (nSPS) is 11.7. The number of nitrogens with one attached hydrogen (secondary N) is 1. The molecular formula is C19H16N4O4S2. The van der Waals surface area contributed by atoms with E-state index in [0.29, 0.717) is 4.96 Å². The number of aryl methyl sites for hydroxylation is 2. The van der Waals surface area contributed by atoms with E-state index in [1.54, 1.807) is 4.52 Å². The molecule has 0 saturated heterocycles. The molecule has 0 aliphatic rings. The van der Waals surface area contributed by atoms with Crippen molar-refractivity contribution in [3.05, 3.63) is 64.5 Å². The molecule has 0 fully saturated rings. The van der Waals surface area contributed by atoms with Crippen LogP contribution in [0.2, 0.25) is 0 Å². The summed E-state index contributed by atoms with van der Waals surface area (Å²) in [5.74, 6) is -1.18. The summed E-state index contributed by atoms with van der Waals surface area (Å²) in [6.07, 6.45) is 0. The molecule has 0 amide bonds. The first-order valence-corrected chi connectivity index (χ1v) is 10.9. The van der Waals surface area contributed by atoms with Crippen molar-refractivity contribution in [3.8, 4) is 11.3 Å². The average molecular weight is 428 g/mol. The van der Waals surface area contributed by atoms with Crippen LogP contribution in [0.4, 0.5) is 5.95 Å². The first-order chi connectivity index (χ1) is 13.7. The molecule has 0 aliphatic heterocycles. The van der Waals surface area contributed by atoms with Gasteiger partial charge in [0.25, 0.3) is 16.0 Å². The lowest BCUT2D eigenvalue weighted by Gasteiger charge is -2.06. The highest BCUT2D eigenvalue weighted by Gasteiger charge is 2.19. The van der Waals surface area contributed by atoms with E-state index < -0.39 is 16.0 Å². The molecule has 0 atom stereocenters. The molecule has 2 aromatic heterocycles. The second kappa shape index (κ2) is 6.98. The van der Waals surface area contributed by atoms with Gasteiger partial charge >= 0.3 is 5.97 Å². The Morgan fingerprint density at radius 2 is 1.86 bits per heavy atom. The highest BCUT2D eigenvalue weighted by Crippen LogP contribution is 2.29. The highest BCUT2D eigenvalue weighted by atomic mass is 32.2. The van der Waals surface area contributed by atoms with E-state index in [4.69, 9.17) is 5.11 Å². The third-order valence-corrected chi connectivity index (χ3v) is 6.54. The van der Waals surface area contributed by atoms with Gasteiger partial charge in [0, 0.05) is 10.9 Å². The molecular weight excluding hydrogens is 412 g/mol. The zero-order valence-corrected chi connectivity index (χ0v) is 17.1. The summed E-state index contributed by atoms with van der Waals surface area (Å²) in [6, 6.07) is 11.0. The minimum absolute atomic E-state index is 0.00249. The summed E-state index contributed by atoms with van der Waals surface area (Å²) < 4.78 is 29.1. The molecule has 4 rings (SSSR count). The van der Waals surface area contributed by atoms with Crippen LogP contribution in [-0.4, -0.2) is 34.1 Å². The van der Waals surface area contributed by atoms with Crippen molar-refractivity contribution in [2.24, 2.45) is 0 Å². The molecule has 0 radical (unpaired) electrons. The quantitative estimate of drug-likeness (QED) is 0.502. The van der Waals surface area contributed by atoms with Gasteiger partial charge in [-0.1, -0.05) is 23.8 Å². The van der Waals surface area contributed by atoms with Crippen molar-refractivity contribution in [2.45, 2.75) is 18.7 Å². The number of fused-ring (bicyclic) bond motifs is 1. The number of rotatable bonds is 5. The minimum atomic E-state index is -3.95. The number of nitrogens with zero attached hydrogens (tertiary/aromatic N) is 3. The maximum absolute atomic E-state index is 12.6. The predicted molar refractivity (Wildman–Crippen MR) is 110 cm³/mol. The van der Waals surface area contributed by atoms with Crippen LogP contribution in [0, 0.1) is 13.8 Å². The van der Waals surface area contributed by atoms with Crippen LogP contribution >= 0.6 is 11.3 Å². The number of thiazole rings is 1. The van der Waals surface area contributed by atoms with E-state index in [1.165, 1.54) is 35.6 Å². The summed E-state index contributed by atoms with van der Waals surface area (Å²) in [4.78, 5) is 15.7. The molecule has 0 unspecified atom stereocenters. The maximum Gasteiger partial charge on any atom is 0.335 e. The molecule has 148 valence electrons. The molecule has 2 N–H and O–H groups in total. The van der Waals surface area contributed by atoms with Crippen molar-refractivity contribution in [1.29, 1.82) is 0 Å². The molecule has 4 aromatic rings. The average Bonchev–Trinajstić information content (AvgIpc) is 3.22. The minimum Gasteiger partial charge on any atom is -0.478 e. The van der Waals surface area contributed by atoms with Crippen molar-refractivity contribution >= 4 is 38.2 Å². The SMILES string of the molecule is Cc1ccc(-c2csc3nc(NS(=O)(=O)c4ccc(C(=O)O)cc4)nn23)c(C)c1. The summed E-state index contributed by atoms with van der Waals surface area (Å²) >= 11 is 1.36. The number of hydrogen-bond donors (Lipinski definition) is 2. The van der Waals surface area contributed by atoms with E-state index in [2.05, 4.69) is 20.9 Å². The van der Waals surface area contributed by atoms with E-state index >= 15 is 0 Å². The smallest absolute Gasteiger partial charge is 0.335 e. The number of sulfonamides is 1. The summed E-state index contributed by atoms with van der Waals surface area (Å²) in [6.45, 7) is 4.03. The van der Waals surface area contributed by atoms with E-state index in [0.717, 1.165) is 22.4 Å². The summed E-state index contributed by atoms with van der Waals surface area (Å²) in [5.41, 5.74) is 4.05. The van der Waals surface area contributed by atoms with Crippen LogP contribution in [0.25, 0.3) is 16.2 Å². The van der Waals surface area contributed by atoms with Crippen LogP contribution in [-0.2, 0) is 10.0 Å². The summed E-state index contributed by atoms with van der Waals surface area (Å²) in [5, 5.41) is 15.2. The van der Waals surface area contributed by atoms with Gasteiger partial charge in [-0.15, -0.1) is 16.4 Å². The Labute approximate surface area is 170 Å². The monoisotopic (exact) mass is 428 g/mol. The number of benzene rings is 2. The lowest BCUT2D eigenvalue weighted by atomic mass is 10.0. The fourth-order valence-electron chi connectivity index (χ4n) is 2.97. The van der Waals surface area contributed by atoms with Gasteiger partial charge in [0.15, 0.2) is 0 Å². The van der Waals surface area contributed by atoms with Gasteiger partial charge in [0.1, 0.15) is 0 Å².